The maximum absolute atomic E-state index is 12.6. The lowest BCUT2D eigenvalue weighted by molar-refractivity contribution is -0.352. The van der Waals surface area contributed by atoms with Gasteiger partial charge in [-0.1, -0.05) is 12.1 Å². The minimum Gasteiger partial charge on any atom is -0.508 e. The molecule has 1 aromatic carbocycles. The van der Waals surface area contributed by atoms with E-state index in [9.17, 15) is 45.3 Å². The van der Waals surface area contributed by atoms with Crippen molar-refractivity contribution in [3.05, 3.63) is 47.7 Å². The van der Waals surface area contributed by atoms with Gasteiger partial charge in [0.1, 0.15) is 53.0 Å². The molecule has 0 aromatic heterocycles. The van der Waals surface area contributed by atoms with Gasteiger partial charge in [-0.2, -0.15) is 0 Å². The van der Waals surface area contributed by atoms with Crippen LogP contribution in [0.1, 0.15) is 18.9 Å². The lowest BCUT2D eigenvalue weighted by Gasteiger charge is -2.46. The zero-order valence-corrected chi connectivity index (χ0v) is 21.6. The molecule has 1 aromatic rings. The largest absolute Gasteiger partial charge is 0.508 e. The molecule has 1 aliphatic carbocycles. The van der Waals surface area contributed by atoms with Crippen molar-refractivity contribution in [2.75, 3.05) is 13.7 Å². The quantitative estimate of drug-likeness (QED) is 0.140. The molecule has 14 heteroatoms. The first-order chi connectivity index (χ1) is 18.8. The number of methoxy groups -OCH3 is 1. The molecule has 4 rings (SSSR count). The summed E-state index contributed by atoms with van der Waals surface area (Å²) in [5, 5.41) is 72.7. The minimum absolute atomic E-state index is 0.0368. The summed E-state index contributed by atoms with van der Waals surface area (Å²) >= 11 is 0. The fourth-order valence-corrected chi connectivity index (χ4v) is 5.24. The van der Waals surface area contributed by atoms with Crippen molar-refractivity contribution in [1.29, 1.82) is 0 Å². The number of ether oxygens (including phenoxy) is 5. The smallest absolute Gasteiger partial charge is 0.339 e. The van der Waals surface area contributed by atoms with Crippen LogP contribution in [0.5, 0.6) is 5.75 Å². The molecule has 10 atom stereocenters. The summed E-state index contributed by atoms with van der Waals surface area (Å²) in [6.07, 6.45) is -8.50. The fourth-order valence-electron chi connectivity index (χ4n) is 5.24. The molecule has 0 amide bonds. The van der Waals surface area contributed by atoms with Crippen LogP contribution in [0.15, 0.2) is 42.2 Å². The average Bonchev–Trinajstić information content (AvgIpc) is 3.13. The van der Waals surface area contributed by atoms with E-state index in [0.717, 1.165) is 19.4 Å². The number of hydrogen-bond acceptors (Lipinski definition) is 14. The predicted octanol–water partition coefficient (Wildman–Crippen LogP) is -1.95. The second-order valence-electron chi connectivity index (χ2n) is 10.0. The van der Waals surface area contributed by atoms with Crippen LogP contribution in [0.25, 0.3) is 6.08 Å². The Kier molecular flexibility index (Phi) is 8.54. The SMILES string of the molecule is COC(=O)C1=COC(O[C@@H]2O[C@H](CO)[C@@H](O)[C@H](O)[C@H]2O)[C@@H]2[C@@](C)(O)[C@@H](OC(=O)/C=C/c3ccc(O)cc3)C[C@]12O. The monoisotopic (exact) mass is 568 g/mol. The van der Waals surface area contributed by atoms with E-state index in [0.29, 0.717) is 5.56 Å². The number of phenolic OH excluding ortho intramolecular Hbond substituents is 1. The first-order valence-corrected chi connectivity index (χ1v) is 12.4. The summed E-state index contributed by atoms with van der Waals surface area (Å²) in [5.74, 6) is -3.38. The van der Waals surface area contributed by atoms with Gasteiger partial charge in [0.25, 0.3) is 0 Å². The van der Waals surface area contributed by atoms with Crippen molar-refractivity contribution < 1.29 is 69.0 Å². The van der Waals surface area contributed by atoms with E-state index < -0.39 is 90.8 Å². The molecule has 220 valence electrons. The van der Waals surface area contributed by atoms with Gasteiger partial charge in [-0.15, -0.1) is 0 Å². The van der Waals surface area contributed by atoms with Crippen molar-refractivity contribution in [3.63, 3.8) is 0 Å². The summed E-state index contributed by atoms with van der Waals surface area (Å²) in [6, 6.07) is 5.94. The summed E-state index contributed by atoms with van der Waals surface area (Å²) < 4.78 is 26.7. The molecular formula is C26H32O14. The number of carbonyl (C=O) groups excluding carboxylic acids is 2. The standard InChI is InChI=1S/C26H32O14/c1-25(34)16(39-17(29)8-5-12-3-6-13(28)7-4-12)9-26(35)14(22(33)36-2)11-37-24(21(25)26)40-23-20(32)19(31)18(30)15(10-27)38-23/h3-8,11,15-16,18-21,23-24,27-28,30-32,34-35H,9-10H2,1-2H3/b8-5+/t15-,16+,18-,19+,20-,21-,23+,24?,25+,26+/m1/s1. The number of rotatable bonds is 7. The highest BCUT2D eigenvalue weighted by Crippen LogP contribution is 2.53. The van der Waals surface area contributed by atoms with Gasteiger partial charge >= 0.3 is 11.9 Å². The van der Waals surface area contributed by atoms with Crippen LogP contribution in [0.2, 0.25) is 0 Å². The molecule has 0 bridgehead atoms. The highest BCUT2D eigenvalue weighted by Gasteiger charge is 2.69. The molecule has 14 nitrogen and oxygen atoms in total. The third kappa shape index (κ3) is 5.44. The Morgan fingerprint density at radius 2 is 1.75 bits per heavy atom. The van der Waals surface area contributed by atoms with E-state index in [1.807, 2.05) is 0 Å². The number of carbonyl (C=O) groups is 2. The van der Waals surface area contributed by atoms with E-state index in [4.69, 9.17) is 23.7 Å². The molecule has 1 saturated carbocycles. The number of aliphatic hydroxyl groups excluding tert-OH is 4. The normalized spacial score (nSPS) is 39.2. The molecule has 2 heterocycles. The molecule has 2 fully saturated rings. The molecule has 2 aliphatic heterocycles. The van der Waals surface area contributed by atoms with Crippen molar-refractivity contribution in [3.8, 4) is 5.75 Å². The van der Waals surface area contributed by atoms with Crippen LogP contribution in [0.3, 0.4) is 0 Å². The van der Waals surface area contributed by atoms with Gasteiger partial charge in [0, 0.05) is 12.5 Å². The summed E-state index contributed by atoms with van der Waals surface area (Å²) in [6.45, 7) is 0.494. The fraction of sp³-hybridized carbons (Fsp3) is 0.538. The number of fused-ring (bicyclic) bond motifs is 1. The van der Waals surface area contributed by atoms with Gasteiger partial charge in [-0.3, -0.25) is 0 Å². The van der Waals surface area contributed by atoms with Gasteiger partial charge in [0.2, 0.25) is 6.29 Å². The highest BCUT2D eigenvalue weighted by molar-refractivity contribution is 5.91. The summed E-state index contributed by atoms with van der Waals surface area (Å²) in [7, 11) is 1.07. The number of hydrogen-bond donors (Lipinski definition) is 7. The van der Waals surface area contributed by atoms with Crippen molar-refractivity contribution in [2.24, 2.45) is 5.92 Å². The lowest BCUT2D eigenvalue weighted by atomic mass is 9.77. The van der Waals surface area contributed by atoms with E-state index in [2.05, 4.69) is 0 Å². The maximum atomic E-state index is 12.6. The average molecular weight is 569 g/mol. The molecule has 7 N–H and O–H groups in total. The Balaban J connectivity index is 1.60. The van der Waals surface area contributed by atoms with Gasteiger partial charge in [-0.05, 0) is 30.7 Å². The van der Waals surface area contributed by atoms with Crippen molar-refractivity contribution >= 4 is 18.0 Å². The Morgan fingerprint density at radius 3 is 2.38 bits per heavy atom. The second kappa shape index (κ2) is 11.4. The third-order valence-corrected chi connectivity index (χ3v) is 7.44. The Hall–Kier alpha value is -3.08. The van der Waals surface area contributed by atoms with Crippen LogP contribution in [0, 0.1) is 5.92 Å². The van der Waals surface area contributed by atoms with Crippen LogP contribution in [-0.4, -0.2) is 116 Å². The van der Waals surface area contributed by atoms with Crippen LogP contribution >= 0.6 is 0 Å². The first-order valence-electron chi connectivity index (χ1n) is 12.4. The molecule has 3 aliphatic rings. The molecule has 1 saturated heterocycles. The third-order valence-electron chi connectivity index (χ3n) is 7.44. The van der Waals surface area contributed by atoms with Crippen molar-refractivity contribution in [1.82, 2.24) is 0 Å². The summed E-state index contributed by atoms with van der Waals surface area (Å²) in [5.41, 5.74) is -4.16. The number of esters is 2. The molecule has 0 radical (unpaired) electrons. The molecule has 40 heavy (non-hydrogen) atoms. The number of benzene rings is 1. The van der Waals surface area contributed by atoms with Crippen LogP contribution in [0.4, 0.5) is 0 Å². The van der Waals surface area contributed by atoms with Gasteiger partial charge in [-0.25, -0.2) is 9.59 Å². The Bertz CT molecular complexity index is 1140. The Labute approximate surface area is 228 Å². The predicted molar refractivity (Wildman–Crippen MR) is 131 cm³/mol. The number of aliphatic hydroxyl groups is 6. The van der Waals surface area contributed by atoms with Crippen LogP contribution in [-0.2, 0) is 33.3 Å². The Morgan fingerprint density at radius 1 is 1.07 bits per heavy atom. The van der Waals surface area contributed by atoms with Gasteiger partial charge in [0.05, 0.1) is 25.9 Å². The zero-order valence-electron chi connectivity index (χ0n) is 21.6. The zero-order chi connectivity index (χ0) is 29.4. The van der Waals surface area contributed by atoms with Gasteiger partial charge < -0.3 is 59.4 Å². The number of phenols is 1. The van der Waals surface area contributed by atoms with Gasteiger partial charge in [0.15, 0.2) is 6.29 Å². The topological polar surface area (TPSA) is 222 Å². The number of aromatic hydroxyl groups is 1. The van der Waals surface area contributed by atoms with E-state index in [-0.39, 0.29) is 5.75 Å². The lowest BCUT2D eigenvalue weighted by Crippen LogP contribution is -2.62. The highest BCUT2D eigenvalue weighted by atomic mass is 16.8. The first kappa shape index (κ1) is 29.9. The van der Waals surface area contributed by atoms with Crippen molar-refractivity contribution in [2.45, 2.75) is 67.6 Å². The second-order valence-corrected chi connectivity index (χ2v) is 10.0. The summed E-state index contributed by atoms with van der Waals surface area (Å²) in [4.78, 5) is 25.1. The van der Waals surface area contributed by atoms with E-state index in [1.165, 1.54) is 25.1 Å². The molecular weight excluding hydrogens is 536 g/mol. The maximum Gasteiger partial charge on any atom is 0.339 e. The molecule has 1 unspecified atom stereocenters. The van der Waals surface area contributed by atoms with E-state index >= 15 is 0 Å². The molecule has 0 spiro atoms. The minimum atomic E-state index is -2.22. The van der Waals surface area contributed by atoms with Crippen LogP contribution < -0.4 is 0 Å². The van der Waals surface area contributed by atoms with E-state index in [1.54, 1.807) is 12.1 Å².